The highest BCUT2D eigenvalue weighted by molar-refractivity contribution is 5.90. The van der Waals surface area contributed by atoms with E-state index < -0.39 is 0 Å². The summed E-state index contributed by atoms with van der Waals surface area (Å²) in [5.41, 5.74) is 2.24. The first kappa shape index (κ1) is 10.4. The third kappa shape index (κ3) is 1.97. The van der Waals surface area contributed by atoms with Crippen LogP contribution in [-0.4, -0.2) is 6.29 Å². The Morgan fingerprint density at radius 2 is 1.88 bits per heavy atom. The number of hydrogen-bond donors (Lipinski definition) is 0. The maximum absolute atomic E-state index is 10.2. The van der Waals surface area contributed by atoms with Crippen LogP contribution in [0.4, 0.5) is 0 Å². The highest BCUT2D eigenvalue weighted by atomic mass is 16.1. The maximum Gasteiger partial charge on any atom is 0.131 e. The molecule has 2 aromatic carbocycles. The number of aldehydes is 1. The van der Waals surface area contributed by atoms with Gasteiger partial charge in [0.1, 0.15) is 6.29 Å². The van der Waals surface area contributed by atoms with Crippen LogP contribution in [0.2, 0.25) is 0 Å². The van der Waals surface area contributed by atoms with Crippen molar-refractivity contribution in [2.45, 2.75) is 13.3 Å². The van der Waals surface area contributed by atoms with E-state index in [-0.39, 0.29) is 0 Å². The topological polar surface area (TPSA) is 17.1 Å². The van der Waals surface area contributed by atoms with Crippen molar-refractivity contribution in [2.24, 2.45) is 0 Å². The standard InChI is InChI=1S/C15H12O/c1-12-9-10-13(6-4-5-11-16)15-8-3-2-7-14(12)15/h2-3,7-11H,5H2,1H3. The van der Waals surface area contributed by atoms with E-state index in [0.29, 0.717) is 6.42 Å². The van der Waals surface area contributed by atoms with Crippen LogP contribution in [-0.2, 0) is 4.79 Å². The van der Waals surface area contributed by atoms with Crippen molar-refractivity contribution >= 4 is 17.1 Å². The lowest BCUT2D eigenvalue weighted by Crippen LogP contribution is -1.83. The van der Waals surface area contributed by atoms with Gasteiger partial charge in [0.05, 0.1) is 6.42 Å². The van der Waals surface area contributed by atoms with Crippen LogP contribution in [0, 0.1) is 18.8 Å². The lowest BCUT2D eigenvalue weighted by atomic mass is 10.0. The fourth-order valence-electron chi connectivity index (χ4n) is 1.75. The van der Waals surface area contributed by atoms with Crippen LogP contribution in [0.1, 0.15) is 17.5 Å². The Kier molecular flexibility index (Phi) is 3.03. The monoisotopic (exact) mass is 208 g/mol. The molecule has 0 saturated heterocycles. The molecule has 0 saturated carbocycles. The molecule has 1 nitrogen and oxygen atoms in total. The van der Waals surface area contributed by atoms with Gasteiger partial charge in [-0.05, 0) is 29.3 Å². The Hall–Kier alpha value is -2.07. The molecular formula is C15H12O. The van der Waals surface area contributed by atoms with E-state index >= 15 is 0 Å². The zero-order chi connectivity index (χ0) is 11.4. The quantitative estimate of drug-likeness (QED) is 0.520. The molecule has 0 radical (unpaired) electrons. The highest BCUT2D eigenvalue weighted by Crippen LogP contribution is 2.21. The minimum Gasteiger partial charge on any atom is -0.302 e. The predicted molar refractivity (Wildman–Crippen MR) is 66.2 cm³/mol. The van der Waals surface area contributed by atoms with Crippen molar-refractivity contribution in [3.63, 3.8) is 0 Å². The number of benzene rings is 2. The van der Waals surface area contributed by atoms with E-state index in [2.05, 4.69) is 37.0 Å². The fraction of sp³-hybridized carbons (Fsp3) is 0.133. The maximum atomic E-state index is 10.2. The van der Waals surface area contributed by atoms with Gasteiger partial charge in [-0.2, -0.15) is 0 Å². The zero-order valence-corrected chi connectivity index (χ0v) is 9.16. The van der Waals surface area contributed by atoms with E-state index in [1.54, 1.807) is 0 Å². The molecule has 0 aliphatic carbocycles. The van der Waals surface area contributed by atoms with E-state index in [1.165, 1.54) is 10.9 Å². The number of rotatable bonds is 1. The van der Waals surface area contributed by atoms with E-state index in [4.69, 9.17) is 0 Å². The van der Waals surface area contributed by atoms with E-state index in [0.717, 1.165) is 17.2 Å². The summed E-state index contributed by atoms with van der Waals surface area (Å²) >= 11 is 0. The molecule has 0 fully saturated rings. The average Bonchev–Trinajstić information content (AvgIpc) is 2.33. The number of fused-ring (bicyclic) bond motifs is 1. The van der Waals surface area contributed by atoms with Gasteiger partial charge >= 0.3 is 0 Å². The first-order valence-electron chi connectivity index (χ1n) is 5.24. The predicted octanol–water partition coefficient (Wildman–Crippen LogP) is 3.09. The SMILES string of the molecule is Cc1ccc(C#CCC=O)c2ccccc12. The molecule has 0 N–H and O–H groups in total. The molecule has 1 heteroatoms. The molecule has 0 spiro atoms. The molecule has 0 aromatic heterocycles. The molecule has 2 rings (SSSR count). The lowest BCUT2D eigenvalue weighted by molar-refractivity contribution is -0.107. The normalized spacial score (nSPS) is 9.56. The van der Waals surface area contributed by atoms with Crippen molar-refractivity contribution in [3.05, 3.63) is 47.5 Å². The summed E-state index contributed by atoms with van der Waals surface area (Å²) in [5, 5.41) is 2.38. The second-order valence-corrected chi connectivity index (χ2v) is 3.65. The van der Waals surface area contributed by atoms with Gasteiger partial charge in [0.15, 0.2) is 0 Å². The van der Waals surface area contributed by atoms with Gasteiger partial charge in [0.2, 0.25) is 0 Å². The number of aryl methyl sites for hydroxylation is 1. The van der Waals surface area contributed by atoms with Crippen LogP contribution in [0.5, 0.6) is 0 Å². The molecular weight excluding hydrogens is 196 g/mol. The third-order valence-electron chi connectivity index (χ3n) is 2.55. The molecule has 0 amide bonds. The van der Waals surface area contributed by atoms with Gasteiger partial charge in [-0.3, -0.25) is 0 Å². The molecule has 0 bridgehead atoms. The fourth-order valence-corrected chi connectivity index (χ4v) is 1.75. The summed E-state index contributed by atoms with van der Waals surface area (Å²) < 4.78 is 0. The summed E-state index contributed by atoms with van der Waals surface area (Å²) in [6.45, 7) is 2.09. The number of carbonyl (C=O) groups excluding carboxylic acids is 1. The smallest absolute Gasteiger partial charge is 0.131 e. The second-order valence-electron chi connectivity index (χ2n) is 3.65. The van der Waals surface area contributed by atoms with Crippen LogP contribution in [0.3, 0.4) is 0 Å². The van der Waals surface area contributed by atoms with Crippen LogP contribution < -0.4 is 0 Å². The molecule has 0 aliphatic heterocycles. The molecule has 0 heterocycles. The summed E-state index contributed by atoms with van der Waals surface area (Å²) in [6.07, 6.45) is 1.12. The molecule has 0 unspecified atom stereocenters. The molecule has 0 atom stereocenters. The third-order valence-corrected chi connectivity index (χ3v) is 2.55. The van der Waals surface area contributed by atoms with Gasteiger partial charge in [0.25, 0.3) is 0 Å². The van der Waals surface area contributed by atoms with E-state index in [1.807, 2.05) is 18.2 Å². The van der Waals surface area contributed by atoms with Gasteiger partial charge in [-0.25, -0.2) is 0 Å². The first-order chi connectivity index (χ1) is 7.83. The largest absolute Gasteiger partial charge is 0.302 e. The Morgan fingerprint density at radius 3 is 2.62 bits per heavy atom. The summed E-state index contributed by atoms with van der Waals surface area (Å²) in [5.74, 6) is 5.88. The van der Waals surface area contributed by atoms with Crippen molar-refractivity contribution in [2.75, 3.05) is 0 Å². The first-order valence-corrected chi connectivity index (χ1v) is 5.24. The van der Waals surface area contributed by atoms with Gasteiger partial charge in [-0.1, -0.05) is 42.2 Å². The summed E-state index contributed by atoms with van der Waals surface area (Å²) in [4.78, 5) is 10.2. The van der Waals surface area contributed by atoms with Crippen molar-refractivity contribution in [1.82, 2.24) is 0 Å². The van der Waals surface area contributed by atoms with Gasteiger partial charge in [0, 0.05) is 5.56 Å². The van der Waals surface area contributed by atoms with Crippen molar-refractivity contribution in [3.8, 4) is 11.8 Å². The second kappa shape index (κ2) is 4.63. The molecule has 0 aliphatic rings. The minimum atomic E-state index is 0.294. The van der Waals surface area contributed by atoms with Crippen LogP contribution in [0.25, 0.3) is 10.8 Å². The Labute approximate surface area is 95.1 Å². The molecule has 78 valence electrons. The zero-order valence-electron chi connectivity index (χ0n) is 9.16. The van der Waals surface area contributed by atoms with Crippen molar-refractivity contribution < 1.29 is 4.79 Å². The molecule has 2 aromatic rings. The number of hydrogen-bond acceptors (Lipinski definition) is 1. The lowest BCUT2D eigenvalue weighted by Gasteiger charge is -2.03. The van der Waals surface area contributed by atoms with Crippen LogP contribution in [0.15, 0.2) is 36.4 Å². The van der Waals surface area contributed by atoms with Gasteiger partial charge in [-0.15, -0.1) is 0 Å². The molecule has 16 heavy (non-hydrogen) atoms. The minimum absolute atomic E-state index is 0.294. The van der Waals surface area contributed by atoms with Crippen molar-refractivity contribution in [1.29, 1.82) is 0 Å². The average molecular weight is 208 g/mol. The highest BCUT2D eigenvalue weighted by Gasteiger charge is 1.99. The van der Waals surface area contributed by atoms with Gasteiger partial charge < -0.3 is 4.79 Å². The Bertz CT molecular complexity index is 585. The number of carbonyl (C=O) groups is 1. The van der Waals surface area contributed by atoms with E-state index in [9.17, 15) is 4.79 Å². The Morgan fingerprint density at radius 1 is 1.12 bits per heavy atom. The Balaban J connectivity index is 2.60. The summed E-state index contributed by atoms with van der Waals surface area (Å²) in [7, 11) is 0. The summed E-state index contributed by atoms with van der Waals surface area (Å²) in [6, 6.07) is 12.3. The van der Waals surface area contributed by atoms with Crippen LogP contribution >= 0.6 is 0 Å².